The fourth-order valence-electron chi connectivity index (χ4n) is 0. The van der Waals surface area contributed by atoms with Gasteiger partial charge in [0.25, 0.3) is 0 Å². The molecule has 0 unspecified atom stereocenters. The van der Waals surface area contributed by atoms with Crippen LogP contribution in [0.2, 0.25) is 0 Å². The van der Waals surface area contributed by atoms with Gasteiger partial charge in [0.1, 0.15) is 0 Å². The Morgan fingerprint density at radius 3 is 0.765 bits per heavy atom. The Bertz CT molecular complexity index is 160. The molecule has 0 aliphatic heterocycles. The van der Waals surface area contributed by atoms with Crippen molar-refractivity contribution in [3.05, 3.63) is 0 Å². The van der Waals surface area contributed by atoms with E-state index in [1.165, 1.54) is 0 Å². The minimum absolute atomic E-state index is 0. The van der Waals surface area contributed by atoms with E-state index in [1.54, 1.807) is 20.8 Å². The van der Waals surface area contributed by atoms with Crippen LogP contribution in [-0.2, 0) is 47.1 Å². The maximum absolute atomic E-state index is 9.37. The van der Waals surface area contributed by atoms with Crippen molar-refractivity contribution in [2.75, 3.05) is 0 Å². The van der Waals surface area contributed by atoms with Gasteiger partial charge in [0, 0.05) is 52.0 Å². The summed E-state index contributed by atoms with van der Waals surface area (Å²) in [5.41, 5.74) is 0. The van der Waals surface area contributed by atoms with E-state index in [1.807, 2.05) is 0 Å². The molecule has 0 aromatic heterocycles. The molecule has 0 aliphatic carbocycles. The maximum Gasteiger partial charge on any atom is 0.303 e. The molecule has 8 heteroatoms. The molecule has 0 amide bonds. The Kier molecular flexibility index (Phi) is 43.4. The minimum Gasteiger partial charge on any atom is -0.481 e. The Morgan fingerprint density at radius 1 is 0.706 bits per heavy atom. The smallest absolute Gasteiger partial charge is 0.303 e. The number of hydrogen-bond donors (Lipinski definition) is 3. The van der Waals surface area contributed by atoms with Gasteiger partial charge in [-0.3, -0.25) is 14.4 Å². The van der Waals surface area contributed by atoms with Crippen LogP contribution in [0.4, 0.5) is 0 Å². The summed E-state index contributed by atoms with van der Waals surface area (Å²) in [4.78, 5) is 28.1. The van der Waals surface area contributed by atoms with Gasteiger partial charge in [-0.1, -0.05) is 20.8 Å². The number of rotatable bonds is 3. The van der Waals surface area contributed by atoms with Crippen LogP contribution >= 0.6 is 0 Å². The first-order chi connectivity index (χ1) is 6.81. The van der Waals surface area contributed by atoms with Gasteiger partial charge in [0.2, 0.25) is 0 Å². The maximum atomic E-state index is 9.37. The predicted molar refractivity (Wildman–Crippen MR) is 57.4 cm³/mol. The van der Waals surface area contributed by atoms with E-state index >= 15 is 0 Å². The zero-order valence-electron chi connectivity index (χ0n) is 10.3. The number of hydrogen-bond acceptors (Lipinski definition) is 3. The zero-order chi connectivity index (χ0) is 12.9. The van der Waals surface area contributed by atoms with Crippen molar-refractivity contribution < 1.29 is 67.9 Å². The van der Waals surface area contributed by atoms with Crippen LogP contribution in [0.5, 0.6) is 0 Å². The second-order valence-electron chi connectivity index (χ2n) is 2.24. The van der Waals surface area contributed by atoms with Crippen LogP contribution in [0.15, 0.2) is 0 Å². The Morgan fingerprint density at radius 2 is 0.765 bits per heavy atom. The van der Waals surface area contributed by atoms with E-state index in [0.29, 0.717) is 0 Å². The third-order valence-corrected chi connectivity index (χ3v) is 0.907. The molecule has 0 fully saturated rings. The standard InChI is InChI=1S/3C3H6O2.H2O.Y/c3*1-2-3(4)5;;/h3*2H2,1H3,(H,4,5);1H2;. The molecule has 0 heterocycles. The third kappa shape index (κ3) is 93.8. The van der Waals surface area contributed by atoms with Crippen LogP contribution in [0, 0.1) is 0 Å². The average Bonchev–Trinajstić information content (AvgIpc) is 2.19. The van der Waals surface area contributed by atoms with Crippen LogP contribution in [0.3, 0.4) is 0 Å². The van der Waals surface area contributed by atoms with Crippen molar-refractivity contribution in [1.29, 1.82) is 0 Å². The molecule has 1 radical (unpaired) electrons. The Hall–Kier alpha value is -0.526. The van der Waals surface area contributed by atoms with Gasteiger partial charge in [-0.15, -0.1) is 0 Å². The summed E-state index contributed by atoms with van der Waals surface area (Å²) in [6.45, 7) is 4.80. The molecule has 0 spiro atoms. The van der Waals surface area contributed by atoms with Gasteiger partial charge in [-0.25, -0.2) is 0 Å². The van der Waals surface area contributed by atoms with E-state index in [2.05, 4.69) is 0 Å². The molecule has 0 aromatic carbocycles. The van der Waals surface area contributed by atoms with Crippen LogP contribution in [-0.4, -0.2) is 38.7 Å². The second kappa shape index (κ2) is 24.6. The normalized spacial score (nSPS) is 6.53. The minimum atomic E-state index is -0.745. The Labute approximate surface area is 125 Å². The molecule has 0 bridgehead atoms. The molecule has 7 nitrogen and oxygen atoms in total. The van der Waals surface area contributed by atoms with Crippen molar-refractivity contribution in [2.24, 2.45) is 0 Å². The van der Waals surface area contributed by atoms with Crippen molar-refractivity contribution in [1.82, 2.24) is 0 Å². The van der Waals surface area contributed by atoms with Gasteiger partial charge < -0.3 is 20.8 Å². The fourth-order valence-corrected chi connectivity index (χ4v) is 0. The van der Waals surface area contributed by atoms with Gasteiger partial charge >= 0.3 is 17.9 Å². The average molecular weight is 329 g/mol. The molecule has 5 N–H and O–H groups in total. The number of carboxylic acids is 3. The number of carbonyl (C=O) groups is 3. The van der Waals surface area contributed by atoms with Crippen LogP contribution in [0.25, 0.3) is 0 Å². The third-order valence-electron chi connectivity index (χ3n) is 0.907. The number of aliphatic carboxylic acids is 3. The first-order valence-electron chi connectivity index (χ1n) is 4.47. The monoisotopic (exact) mass is 329 g/mol. The van der Waals surface area contributed by atoms with Crippen LogP contribution < -0.4 is 0 Å². The summed E-state index contributed by atoms with van der Waals surface area (Å²) < 4.78 is 0. The second-order valence-corrected chi connectivity index (χ2v) is 2.24. The van der Waals surface area contributed by atoms with Crippen LogP contribution in [0.1, 0.15) is 40.0 Å². The summed E-state index contributed by atoms with van der Waals surface area (Å²) >= 11 is 0. The quantitative estimate of drug-likeness (QED) is 0.692. The summed E-state index contributed by atoms with van der Waals surface area (Å²) in [7, 11) is 0. The Balaban J connectivity index is -0.0000000400. The van der Waals surface area contributed by atoms with Gasteiger partial charge in [0.15, 0.2) is 0 Å². The van der Waals surface area contributed by atoms with Gasteiger partial charge in [0.05, 0.1) is 0 Å². The first-order valence-corrected chi connectivity index (χ1v) is 4.47. The van der Waals surface area contributed by atoms with E-state index in [-0.39, 0.29) is 57.4 Å². The van der Waals surface area contributed by atoms with Crippen molar-refractivity contribution in [2.45, 2.75) is 40.0 Å². The molecular formula is C9H20O7Y. The zero-order valence-corrected chi connectivity index (χ0v) is 13.1. The molecule has 0 saturated heterocycles. The molecule has 17 heavy (non-hydrogen) atoms. The molecule has 0 rings (SSSR count). The fraction of sp³-hybridized carbons (Fsp3) is 0.667. The molecule has 0 atom stereocenters. The summed E-state index contributed by atoms with van der Waals surface area (Å²) in [5.74, 6) is -2.24. The topological polar surface area (TPSA) is 143 Å². The van der Waals surface area contributed by atoms with E-state index in [9.17, 15) is 14.4 Å². The van der Waals surface area contributed by atoms with E-state index in [0.717, 1.165) is 0 Å². The van der Waals surface area contributed by atoms with Gasteiger partial charge in [-0.05, 0) is 0 Å². The molecular weight excluding hydrogens is 309 g/mol. The van der Waals surface area contributed by atoms with Gasteiger partial charge in [-0.2, -0.15) is 0 Å². The summed E-state index contributed by atoms with van der Waals surface area (Å²) in [5, 5.41) is 23.2. The van der Waals surface area contributed by atoms with E-state index in [4.69, 9.17) is 15.3 Å². The molecule has 101 valence electrons. The first kappa shape index (κ1) is 30.0. The summed E-state index contributed by atoms with van der Waals surface area (Å²) in [6, 6.07) is 0. The van der Waals surface area contributed by atoms with Crippen molar-refractivity contribution in [3.63, 3.8) is 0 Å². The predicted octanol–water partition coefficient (Wildman–Crippen LogP) is 0.616. The summed E-state index contributed by atoms with van der Waals surface area (Å²) in [6.07, 6.45) is 0.667. The largest absolute Gasteiger partial charge is 0.481 e. The molecule has 0 saturated carbocycles. The molecule has 0 aliphatic rings. The SMILES string of the molecule is CCC(=O)O.CCC(=O)O.CCC(=O)O.O.[Y]. The van der Waals surface area contributed by atoms with Crippen molar-refractivity contribution >= 4 is 17.9 Å². The van der Waals surface area contributed by atoms with E-state index < -0.39 is 17.9 Å². The molecule has 0 aromatic rings. The van der Waals surface area contributed by atoms with Crippen molar-refractivity contribution in [3.8, 4) is 0 Å². The number of carboxylic acid groups (broad SMARTS) is 3.